The minimum atomic E-state index is -3.60. The Bertz CT molecular complexity index is 1110. The van der Waals surface area contributed by atoms with E-state index >= 15 is 0 Å². The number of sulfonamides is 1. The predicted molar refractivity (Wildman–Crippen MR) is 137 cm³/mol. The fourth-order valence-corrected chi connectivity index (χ4v) is 4.55. The van der Waals surface area contributed by atoms with E-state index in [4.69, 9.17) is 11.6 Å². The molecule has 0 aliphatic rings. The average Bonchev–Trinajstić information content (AvgIpc) is 2.79. The topological polar surface area (TPSA) is 86.8 Å². The lowest BCUT2D eigenvalue weighted by Crippen LogP contribution is -2.48. The zero-order valence-corrected chi connectivity index (χ0v) is 22.1. The summed E-state index contributed by atoms with van der Waals surface area (Å²) in [5.74, 6) is -0.935. The third kappa shape index (κ3) is 8.81. The van der Waals surface area contributed by atoms with Crippen molar-refractivity contribution in [3.63, 3.8) is 0 Å². The van der Waals surface area contributed by atoms with Gasteiger partial charge in [0, 0.05) is 36.6 Å². The SMILES string of the molecule is CC(C)CNC(=O)[C@@H](C)N(Cc1ccccc1F)C(=O)CCCN(c1ccc(Cl)cc1)S(C)(=O)=O. The smallest absolute Gasteiger partial charge is 0.242 e. The summed E-state index contributed by atoms with van der Waals surface area (Å²) in [6.07, 6.45) is 1.29. The first kappa shape index (κ1) is 28.6. The van der Waals surface area contributed by atoms with Crippen molar-refractivity contribution in [2.75, 3.05) is 23.7 Å². The molecular formula is C25H33ClFN3O4S. The number of rotatable bonds is 12. The number of nitrogens with zero attached hydrogens (tertiary/aromatic N) is 2. The lowest BCUT2D eigenvalue weighted by Gasteiger charge is -2.29. The van der Waals surface area contributed by atoms with Crippen LogP contribution in [0.4, 0.5) is 10.1 Å². The molecule has 0 unspecified atom stereocenters. The van der Waals surface area contributed by atoms with Crippen LogP contribution in [-0.2, 0) is 26.2 Å². The second-order valence-electron chi connectivity index (χ2n) is 8.84. The van der Waals surface area contributed by atoms with E-state index in [1.165, 1.54) is 15.3 Å². The molecule has 2 aromatic carbocycles. The summed E-state index contributed by atoms with van der Waals surface area (Å²) in [4.78, 5) is 27.2. The molecular weight excluding hydrogens is 493 g/mol. The van der Waals surface area contributed by atoms with E-state index in [0.717, 1.165) is 6.26 Å². The Morgan fingerprint density at radius 3 is 2.26 bits per heavy atom. The molecule has 0 aliphatic carbocycles. The number of hydrogen-bond acceptors (Lipinski definition) is 4. The van der Waals surface area contributed by atoms with Gasteiger partial charge in [0.2, 0.25) is 21.8 Å². The maximum Gasteiger partial charge on any atom is 0.242 e. The molecule has 192 valence electrons. The van der Waals surface area contributed by atoms with Crippen LogP contribution in [0.1, 0.15) is 39.2 Å². The summed E-state index contributed by atoms with van der Waals surface area (Å²) in [6, 6.07) is 11.6. The van der Waals surface area contributed by atoms with Gasteiger partial charge in [-0.2, -0.15) is 0 Å². The van der Waals surface area contributed by atoms with Gasteiger partial charge >= 0.3 is 0 Å². The number of nitrogens with one attached hydrogen (secondary N) is 1. The monoisotopic (exact) mass is 525 g/mol. The van der Waals surface area contributed by atoms with Crippen molar-refractivity contribution in [1.82, 2.24) is 10.2 Å². The summed E-state index contributed by atoms with van der Waals surface area (Å²) in [7, 11) is -3.60. The summed E-state index contributed by atoms with van der Waals surface area (Å²) < 4.78 is 40.2. The molecule has 1 N–H and O–H groups in total. The van der Waals surface area contributed by atoms with Gasteiger partial charge in [-0.15, -0.1) is 0 Å². The molecule has 0 spiro atoms. The molecule has 35 heavy (non-hydrogen) atoms. The van der Waals surface area contributed by atoms with Crippen molar-refractivity contribution in [2.24, 2.45) is 5.92 Å². The second kappa shape index (κ2) is 12.9. The van der Waals surface area contributed by atoms with E-state index in [2.05, 4.69) is 5.32 Å². The van der Waals surface area contributed by atoms with Crippen LogP contribution < -0.4 is 9.62 Å². The van der Waals surface area contributed by atoms with E-state index in [1.54, 1.807) is 49.4 Å². The number of amides is 2. The minimum Gasteiger partial charge on any atom is -0.354 e. The van der Waals surface area contributed by atoms with E-state index in [9.17, 15) is 22.4 Å². The van der Waals surface area contributed by atoms with Gasteiger partial charge in [0.15, 0.2) is 0 Å². The van der Waals surface area contributed by atoms with Gasteiger partial charge in [-0.25, -0.2) is 12.8 Å². The second-order valence-corrected chi connectivity index (χ2v) is 11.2. The molecule has 2 aromatic rings. The van der Waals surface area contributed by atoms with Gasteiger partial charge < -0.3 is 10.2 Å². The van der Waals surface area contributed by atoms with E-state index in [0.29, 0.717) is 22.8 Å². The van der Waals surface area contributed by atoms with Gasteiger partial charge in [0.05, 0.1) is 11.9 Å². The van der Waals surface area contributed by atoms with Gasteiger partial charge in [0.25, 0.3) is 0 Å². The summed E-state index contributed by atoms with van der Waals surface area (Å²) >= 11 is 5.91. The maximum atomic E-state index is 14.3. The Morgan fingerprint density at radius 1 is 1.06 bits per heavy atom. The summed E-state index contributed by atoms with van der Waals surface area (Å²) in [5, 5.41) is 3.29. The fourth-order valence-electron chi connectivity index (χ4n) is 3.46. The fraction of sp³-hybridized carbons (Fsp3) is 0.440. The van der Waals surface area contributed by atoms with E-state index < -0.39 is 21.9 Å². The van der Waals surface area contributed by atoms with Gasteiger partial charge in [-0.3, -0.25) is 13.9 Å². The van der Waals surface area contributed by atoms with Crippen LogP contribution in [0.15, 0.2) is 48.5 Å². The molecule has 2 amide bonds. The van der Waals surface area contributed by atoms with Crippen LogP contribution in [0.2, 0.25) is 5.02 Å². The molecule has 0 bridgehead atoms. The first-order chi connectivity index (χ1) is 16.4. The van der Waals surface area contributed by atoms with Crippen LogP contribution in [0.3, 0.4) is 0 Å². The number of halogens is 2. The third-order valence-electron chi connectivity index (χ3n) is 5.42. The first-order valence-electron chi connectivity index (χ1n) is 11.4. The minimum absolute atomic E-state index is 0.0180. The van der Waals surface area contributed by atoms with Crippen LogP contribution in [0.5, 0.6) is 0 Å². The highest BCUT2D eigenvalue weighted by Crippen LogP contribution is 2.21. The molecule has 0 saturated carbocycles. The van der Waals surface area contributed by atoms with Crippen LogP contribution in [0, 0.1) is 11.7 Å². The third-order valence-corrected chi connectivity index (χ3v) is 6.86. The van der Waals surface area contributed by atoms with E-state index in [1.807, 2.05) is 13.8 Å². The number of benzene rings is 2. The largest absolute Gasteiger partial charge is 0.354 e. The molecule has 0 heterocycles. The molecule has 7 nitrogen and oxygen atoms in total. The van der Waals surface area contributed by atoms with Crippen LogP contribution >= 0.6 is 11.6 Å². The zero-order valence-electron chi connectivity index (χ0n) is 20.5. The Hall–Kier alpha value is -2.65. The molecule has 0 radical (unpaired) electrons. The average molecular weight is 526 g/mol. The summed E-state index contributed by atoms with van der Waals surface area (Å²) in [6.45, 7) is 5.96. The molecule has 1 atom stereocenters. The van der Waals surface area contributed by atoms with Crippen molar-refractivity contribution >= 4 is 39.1 Å². The normalized spacial score (nSPS) is 12.3. The summed E-state index contributed by atoms with van der Waals surface area (Å²) in [5.41, 5.74) is 0.734. The lowest BCUT2D eigenvalue weighted by molar-refractivity contribution is -0.140. The standard InChI is InChI=1S/C25H33ClFN3O4S/c1-18(2)16-28-25(32)19(3)29(17-20-8-5-6-9-23(20)27)24(31)10-7-15-30(35(4,33)34)22-13-11-21(26)12-14-22/h5-6,8-9,11-14,18-19H,7,10,15-17H2,1-4H3,(H,28,32)/t19-/m1/s1. The van der Waals surface area contributed by atoms with E-state index in [-0.39, 0.29) is 43.7 Å². The predicted octanol–water partition coefficient (Wildman–Crippen LogP) is 4.21. The van der Waals surface area contributed by atoms with Crippen LogP contribution in [0.25, 0.3) is 0 Å². The van der Waals surface area contributed by atoms with Crippen molar-refractivity contribution < 1.29 is 22.4 Å². The highest BCUT2D eigenvalue weighted by atomic mass is 35.5. The first-order valence-corrected chi connectivity index (χ1v) is 13.7. The molecule has 2 rings (SSSR count). The molecule has 10 heteroatoms. The molecule has 0 aliphatic heterocycles. The number of carbonyl (C=O) groups is 2. The Labute approximate surface area is 212 Å². The quantitative estimate of drug-likeness (QED) is 0.449. The Balaban J connectivity index is 2.16. The van der Waals surface area contributed by atoms with Crippen molar-refractivity contribution in [3.05, 3.63) is 64.9 Å². The van der Waals surface area contributed by atoms with Gasteiger partial charge in [-0.05, 0) is 49.6 Å². The highest BCUT2D eigenvalue weighted by Gasteiger charge is 2.27. The number of hydrogen-bond donors (Lipinski definition) is 1. The van der Waals surface area contributed by atoms with Crippen molar-refractivity contribution in [2.45, 2.75) is 46.2 Å². The number of anilines is 1. The molecule has 0 saturated heterocycles. The van der Waals surface area contributed by atoms with Gasteiger partial charge in [-0.1, -0.05) is 43.6 Å². The zero-order chi connectivity index (χ0) is 26.2. The lowest BCUT2D eigenvalue weighted by atomic mass is 10.1. The Morgan fingerprint density at radius 2 is 1.69 bits per heavy atom. The molecule has 0 aromatic heterocycles. The maximum absolute atomic E-state index is 14.3. The Kier molecular flexibility index (Phi) is 10.5. The number of carbonyl (C=O) groups excluding carboxylic acids is 2. The van der Waals surface area contributed by atoms with Crippen molar-refractivity contribution in [3.8, 4) is 0 Å². The highest BCUT2D eigenvalue weighted by molar-refractivity contribution is 7.92. The van der Waals surface area contributed by atoms with Gasteiger partial charge in [0.1, 0.15) is 11.9 Å². The van der Waals surface area contributed by atoms with Crippen LogP contribution in [-0.4, -0.2) is 50.5 Å². The molecule has 0 fully saturated rings. The van der Waals surface area contributed by atoms with Crippen molar-refractivity contribution in [1.29, 1.82) is 0 Å².